The van der Waals surface area contributed by atoms with Crippen molar-refractivity contribution in [1.29, 1.82) is 0 Å². The van der Waals surface area contributed by atoms with Crippen molar-refractivity contribution in [2.24, 2.45) is 5.73 Å². The second-order valence-corrected chi connectivity index (χ2v) is 4.24. The molecule has 0 saturated heterocycles. The normalized spacial score (nSPS) is 10.4. The van der Waals surface area contributed by atoms with Crippen LogP contribution in [0, 0.1) is 11.6 Å². The first kappa shape index (κ1) is 14.3. The van der Waals surface area contributed by atoms with Crippen LogP contribution in [0.5, 0.6) is 11.5 Å². The lowest BCUT2D eigenvalue weighted by Crippen LogP contribution is -2.03. The van der Waals surface area contributed by atoms with Crippen LogP contribution >= 0.6 is 0 Å². The Labute approximate surface area is 115 Å². The molecule has 0 fully saturated rings. The molecule has 3 nitrogen and oxygen atoms in total. The van der Waals surface area contributed by atoms with E-state index in [4.69, 9.17) is 15.2 Å². The Morgan fingerprint density at radius 2 is 1.75 bits per heavy atom. The highest BCUT2D eigenvalue weighted by Gasteiger charge is 2.06. The summed E-state index contributed by atoms with van der Waals surface area (Å²) in [6, 6.07) is 8.53. The Kier molecular flexibility index (Phi) is 4.53. The van der Waals surface area contributed by atoms with Gasteiger partial charge in [-0.25, -0.2) is 8.78 Å². The van der Waals surface area contributed by atoms with Gasteiger partial charge in [-0.2, -0.15) is 0 Å². The van der Waals surface area contributed by atoms with E-state index in [9.17, 15) is 8.78 Å². The van der Waals surface area contributed by atoms with E-state index in [1.165, 1.54) is 12.1 Å². The minimum absolute atomic E-state index is 0.0504. The van der Waals surface area contributed by atoms with Crippen LogP contribution in [0.15, 0.2) is 36.4 Å². The standard InChI is InChI=1S/C15H15F2NO2/c1-19-14-3-2-11(8-18)15(7-14)20-9-10-4-12(16)6-13(17)5-10/h2-7H,8-9,18H2,1H3. The average molecular weight is 279 g/mol. The highest BCUT2D eigenvalue weighted by molar-refractivity contribution is 5.40. The van der Waals surface area contributed by atoms with E-state index < -0.39 is 11.6 Å². The summed E-state index contributed by atoms with van der Waals surface area (Å²) >= 11 is 0. The van der Waals surface area contributed by atoms with Gasteiger partial charge in [0.2, 0.25) is 0 Å². The zero-order valence-corrected chi connectivity index (χ0v) is 11.0. The van der Waals surface area contributed by atoms with Gasteiger partial charge in [-0.05, 0) is 23.8 Å². The third-order valence-corrected chi connectivity index (χ3v) is 2.81. The molecule has 20 heavy (non-hydrogen) atoms. The molecule has 5 heteroatoms. The van der Waals surface area contributed by atoms with Crippen molar-refractivity contribution in [3.63, 3.8) is 0 Å². The van der Waals surface area contributed by atoms with Gasteiger partial charge in [0.05, 0.1) is 7.11 Å². The van der Waals surface area contributed by atoms with Gasteiger partial charge in [0, 0.05) is 24.2 Å². The zero-order chi connectivity index (χ0) is 14.5. The summed E-state index contributed by atoms with van der Waals surface area (Å²) in [5.41, 5.74) is 6.82. The predicted molar refractivity (Wildman–Crippen MR) is 71.6 cm³/mol. The molecule has 0 atom stereocenters. The molecule has 2 aromatic rings. The van der Waals surface area contributed by atoms with Crippen molar-refractivity contribution in [3.8, 4) is 11.5 Å². The maximum absolute atomic E-state index is 13.1. The lowest BCUT2D eigenvalue weighted by atomic mass is 10.2. The first-order valence-corrected chi connectivity index (χ1v) is 6.07. The third kappa shape index (κ3) is 3.45. The summed E-state index contributed by atoms with van der Waals surface area (Å²) in [5, 5.41) is 0. The Hall–Kier alpha value is -2.14. The Bertz CT molecular complexity index is 582. The van der Waals surface area contributed by atoms with Crippen LogP contribution in [0.1, 0.15) is 11.1 Å². The predicted octanol–water partition coefficient (Wildman–Crippen LogP) is 3.01. The smallest absolute Gasteiger partial charge is 0.127 e. The summed E-state index contributed by atoms with van der Waals surface area (Å²) in [6.07, 6.45) is 0. The number of rotatable bonds is 5. The molecule has 106 valence electrons. The molecule has 2 rings (SSSR count). The SMILES string of the molecule is COc1ccc(CN)c(OCc2cc(F)cc(F)c2)c1. The third-order valence-electron chi connectivity index (χ3n) is 2.81. The van der Waals surface area contributed by atoms with Gasteiger partial charge in [0.1, 0.15) is 29.7 Å². The first-order valence-electron chi connectivity index (χ1n) is 6.07. The first-order chi connectivity index (χ1) is 9.62. The molecule has 0 unspecified atom stereocenters. The minimum atomic E-state index is -0.631. The quantitative estimate of drug-likeness (QED) is 0.915. The highest BCUT2D eigenvalue weighted by Crippen LogP contribution is 2.25. The maximum Gasteiger partial charge on any atom is 0.127 e. The number of benzene rings is 2. The number of methoxy groups -OCH3 is 1. The molecule has 0 radical (unpaired) electrons. The van der Waals surface area contributed by atoms with Crippen LogP contribution in [-0.4, -0.2) is 7.11 Å². The molecule has 0 heterocycles. The zero-order valence-electron chi connectivity index (χ0n) is 11.0. The number of nitrogens with two attached hydrogens (primary N) is 1. The fourth-order valence-corrected chi connectivity index (χ4v) is 1.82. The van der Waals surface area contributed by atoms with Gasteiger partial charge in [0.25, 0.3) is 0 Å². The van der Waals surface area contributed by atoms with Crippen LogP contribution in [0.3, 0.4) is 0 Å². The van der Waals surface area contributed by atoms with E-state index in [2.05, 4.69) is 0 Å². The largest absolute Gasteiger partial charge is 0.497 e. The van der Waals surface area contributed by atoms with Gasteiger partial charge in [0.15, 0.2) is 0 Å². The van der Waals surface area contributed by atoms with Crippen LogP contribution < -0.4 is 15.2 Å². The van der Waals surface area contributed by atoms with Crippen LogP contribution in [-0.2, 0) is 13.2 Å². The minimum Gasteiger partial charge on any atom is -0.497 e. The van der Waals surface area contributed by atoms with Gasteiger partial charge >= 0.3 is 0 Å². The van der Waals surface area contributed by atoms with E-state index in [0.717, 1.165) is 11.6 Å². The summed E-state index contributed by atoms with van der Waals surface area (Å²) in [5.74, 6) is -0.0966. The molecule has 0 aromatic heterocycles. The van der Waals surface area contributed by atoms with Crippen molar-refractivity contribution in [3.05, 3.63) is 59.2 Å². The highest BCUT2D eigenvalue weighted by atomic mass is 19.1. The molecule has 0 saturated carbocycles. The van der Waals surface area contributed by atoms with Crippen molar-refractivity contribution >= 4 is 0 Å². The number of halogens is 2. The summed E-state index contributed by atoms with van der Waals surface area (Å²) < 4.78 is 36.8. The van der Waals surface area contributed by atoms with Crippen molar-refractivity contribution in [2.45, 2.75) is 13.2 Å². The second kappa shape index (κ2) is 6.34. The maximum atomic E-state index is 13.1. The summed E-state index contributed by atoms with van der Waals surface area (Å²) in [7, 11) is 1.54. The number of ether oxygens (including phenoxy) is 2. The van der Waals surface area contributed by atoms with E-state index in [1.807, 2.05) is 0 Å². The van der Waals surface area contributed by atoms with Gasteiger partial charge < -0.3 is 15.2 Å². The van der Waals surface area contributed by atoms with Gasteiger partial charge in [-0.3, -0.25) is 0 Å². The lowest BCUT2D eigenvalue weighted by molar-refractivity contribution is 0.299. The van der Waals surface area contributed by atoms with E-state index in [-0.39, 0.29) is 6.61 Å². The molecule has 0 aliphatic heterocycles. The van der Waals surface area contributed by atoms with Crippen molar-refractivity contribution < 1.29 is 18.3 Å². The lowest BCUT2D eigenvalue weighted by Gasteiger charge is -2.12. The molecule has 0 spiro atoms. The molecule has 2 aromatic carbocycles. The van der Waals surface area contributed by atoms with Crippen LogP contribution in [0.2, 0.25) is 0 Å². The molecule has 0 amide bonds. The fourth-order valence-electron chi connectivity index (χ4n) is 1.82. The Morgan fingerprint density at radius 1 is 1.05 bits per heavy atom. The summed E-state index contributed by atoms with van der Waals surface area (Å²) in [4.78, 5) is 0. The molecule has 0 aliphatic rings. The molecule has 0 aliphatic carbocycles. The monoisotopic (exact) mass is 279 g/mol. The molecular weight excluding hydrogens is 264 g/mol. The molecular formula is C15H15F2NO2. The summed E-state index contributed by atoms with van der Waals surface area (Å²) in [6.45, 7) is 0.353. The van der Waals surface area contributed by atoms with Gasteiger partial charge in [-0.1, -0.05) is 6.07 Å². The second-order valence-electron chi connectivity index (χ2n) is 4.24. The van der Waals surface area contributed by atoms with E-state index in [0.29, 0.717) is 23.6 Å². The van der Waals surface area contributed by atoms with Crippen LogP contribution in [0.25, 0.3) is 0 Å². The van der Waals surface area contributed by atoms with E-state index >= 15 is 0 Å². The topological polar surface area (TPSA) is 44.5 Å². The van der Waals surface area contributed by atoms with Gasteiger partial charge in [-0.15, -0.1) is 0 Å². The molecule has 2 N–H and O–H groups in total. The fraction of sp³-hybridized carbons (Fsp3) is 0.200. The molecule has 0 bridgehead atoms. The Morgan fingerprint density at radius 3 is 2.35 bits per heavy atom. The average Bonchev–Trinajstić information content (AvgIpc) is 2.43. The van der Waals surface area contributed by atoms with E-state index in [1.54, 1.807) is 25.3 Å². The van der Waals surface area contributed by atoms with Crippen LogP contribution in [0.4, 0.5) is 8.78 Å². The number of hydrogen-bond acceptors (Lipinski definition) is 3. The van der Waals surface area contributed by atoms with Crippen molar-refractivity contribution in [1.82, 2.24) is 0 Å². The van der Waals surface area contributed by atoms with Crippen molar-refractivity contribution in [2.75, 3.05) is 7.11 Å². The Balaban J connectivity index is 2.17. The number of hydrogen-bond donors (Lipinski definition) is 1.